The third kappa shape index (κ3) is 3.00. The van der Waals surface area contributed by atoms with Gasteiger partial charge in [-0.05, 0) is 12.5 Å². The Hall–Kier alpha value is -1.09. The minimum Gasteiger partial charge on any atom is -0.377 e. The second-order valence-electron chi connectivity index (χ2n) is 3.38. The minimum absolute atomic E-state index is 0.0922. The SMILES string of the molecule is CCCCC(OC)c1ccc[n+](O)c1. The summed E-state index contributed by atoms with van der Waals surface area (Å²) in [6, 6.07) is 3.78. The van der Waals surface area contributed by atoms with E-state index < -0.39 is 0 Å². The maximum Gasteiger partial charge on any atom is 0.228 e. The second kappa shape index (κ2) is 5.60. The van der Waals surface area contributed by atoms with Crippen molar-refractivity contribution in [3.8, 4) is 0 Å². The lowest BCUT2D eigenvalue weighted by Crippen LogP contribution is -2.29. The highest BCUT2D eigenvalue weighted by atomic mass is 16.5. The van der Waals surface area contributed by atoms with Crippen LogP contribution in [-0.2, 0) is 4.74 Å². The summed E-state index contributed by atoms with van der Waals surface area (Å²) in [6.07, 6.45) is 6.66. The number of ether oxygens (including phenoxy) is 1. The Labute approximate surface area is 84.9 Å². The first-order valence-corrected chi connectivity index (χ1v) is 5.01. The van der Waals surface area contributed by atoms with E-state index in [0.717, 1.165) is 29.6 Å². The molecule has 1 atom stereocenters. The fraction of sp³-hybridized carbons (Fsp3) is 0.545. The molecule has 3 nitrogen and oxygen atoms in total. The van der Waals surface area contributed by atoms with Gasteiger partial charge in [-0.3, -0.25) is 5.21 Å². The molecular weight excluding hydrogens is 178 g/mol. The summed E-state index contributed by atoms with van der Waals surface area (Å²) in [5.41, 5.74) is 1.02. The van der Waals surface area contributed by atoms with Gasteiger partial charge in [-0.2, -0.15) is 0 Å². The van der Waals surface area contributed by atoms with E-state index in [0.29, 0.717) is 0 Å². The molecule has 1 unspecified atom stereocenters. The monoisotopic (exact) mass is 196 g/mol. The molecule has 0 aliphatic heterocycles. The topological polar surface area (TPSA) is 33.3 Å². The maximum absolute atomic E-state index is 9.24. The highest BCUT2D eigenvalue weighted by Gasteiger charge is 2.13. The molecule has 0 spiro atoms. The van der Waals surface area contributed by atoms with Crippen LogP contribution in [0.3, 0.4) is 0 Å². The summed E-state index contributed by atoms with van der Waals surface area (Å²) < 4.78 is 6.43. The molecule has 0 saturated heterocycles. The fourth-order valence-corrected chi connectivity index (χ4v) is 1.48. The molecule has 0 bridgehead atoms. The summed E-state index contributed by atoms with van der Waals surface area (Å²) in [5.74, 6) is 0. The quantitative estimate of drug-likeness (QED) is 0.578. The van der Waals surface area contributed by atoms with Crippen molar-refractivity contribution in [3.63, 3.8) is 0 Å². The standard InChI is InChI=1S/C11H18NO2/c1-3-4-7-11(14-2)10-6-5-8-12(13)9-10/h5-6,8-9,11,13H,3-4,7H2,1-2H3/q+1. The summed E-state index contributed by atoms with van der Waals surface area (Å²) in [5, 5.41) is 9.24. The van der Waals surface area contributed by atoms with Gasteiger partial charge in [-0.25, -0.2) is 0 Å². The molecule has 0 radical (unpaired) electrons. The lowest BCUT2D eigenvalue weighted by Gasteiger charge is -2.12. The molecule has 0 fully saturated rings. The van der Waals surface area contributed by atoms with Gasteiger partial charge in [0.2, 0.25) is 12.4 Å². The van der Waals surface area contributed by atoms with Gasteiger partial charge >= 0.3 is 0 Å². The zero-order valence-electron chi connectivity index (χ0n) is 8.81. The Balaban J connectivity index is 2.68. The smallest absolute Gasteiger partial charge is 0.228 e. The Bertz CT molecular complexity index is 276. The molecule has 1 heterocycles. The third-order valence-electron chi connectivity index (χ3n) is 2.28. The fourth-order valence-electron chi connectivity index (χ4n) is 1.48. The lowest BCUT2D eigenvalue weighted by atomic mass is 10.1. The second-order valence-corrected chi connectivity index (χ2v) is 3.38. The van der Waals surface area contributed by atoms with Gasteiger partial charge < -0.3 is 4.74 Å². The van der Waals surface area contributed by atoms with Crippen molar-refractivity contribution >= 4 is 0 Å². The average molecular weight is 196 g/mol. The number of rotatable bonds is 5. The van der Waals surface area contributed by atoms with Gasteiger partial charge in [0.15, 0.2) is 0 Å². The van der Waals surface area contributed by atoms with E-state index in [4.69, 9.17) is 4.74 Å². The number of aromatic nitrogens is 1. The zero-order valence-corrected chi connectivity index (χ0v) is 8.81. The molecule has 0 saturated carbocycles. The third-order valence-corrected chi connectivity index (χ3v) is 2.28. The van der Waals surface area contributed by atoms with Gasteiger partial charge in [0.1, 0.15) is 0 Å². The summed E-state index contributed by atoms with van der Waals surface area (Å²) in [6.45, 7) is 2.16. The van der Waals surface area contributed by atoms with Crippen molar-refractivity contribution in [1.82, 2.24) is 0 Å². The molecular formula is C11H18NO2+. The minimum atomic E-state index is 0.0922. The van der Waals surface area contributed by atoms with Crippen LogP contribution in [0, 0.1) is 0 Å². The van der Waals surface area contributed by atoms with Crippen LogP contribution in [-0.4, -0.2) is 12.3 Å². The Morgan fingerprint density at radius 3 is 2.93 bits per heavy atom. The molecule has 0 aliphatic rings. The summed E-state index contributed by atoms with van der Waals surface area (Å²) in [7, 11) is 1.70. The molecule has 0 aliphatic carbocycles. The number of pyridine rings is 1. The van der Waals surface area contributed by atoms with E-state index >= 15 is 0 Å². The molecule has 14 heavy (non-hydrogen) atoms. The van der Waals surface area contributed by atoms with Crippen LogP contribution in [0.4, 0.5) is 0 Å². The molecule has 0 aromatic carbocycles. The van der Waals surface area contributed by atoms with E-state index in [1.807, 2.05) is 12.1 Å². The zero-order chi connectivity index (χ0) is 10.4. The van der Waals surface area contributed by atoms with Crippen LogP contribution >= 0.6 is 0 Å². The van der Waals surface area contributed by atoms with Gasteiger partial charge in [0.05, 0.1) is 6.10 Å². The van der Waals surface area contributed by atoms with Crippen LogP contribution in [0.5, 0.6) is 0 Å². The molecule has 0 amide bonds. The summed E-state index contributed by atoms with van der Waals surface area (Å²) in [4.78, 5) is 0. The molecule has 1 aromatic heterocycles. The van der Waals surface area contributed by atoms with E-state index in [9.17, 15) is 5.21 Å². The number of hydrogen-bond acceptors (Lipinski definition) is 2. The van der Waals surface area contributed by atoms with E-state index in [1.165, 1.54) is 0 Å². The molecule has 1 rings (SSSR count). The largest absolute Gasteiger partial charge is 0.377 e. The first-order chi connectivity index (χ1) is 6.77. The number of unbranched alkanes of at least 4 members (excludes halogenated alkanes) is 1. The lowest BCUT2D eigenvalue weighted by molar-refractivity contribution is -0.905. The van der Waals surface area contributed by atoms with Crippen molar-refractivity contribution in [3.05, 3.63) is 30.1 Å². The molecule has 1 N–H and O–H groups in total. The van der Waals surface area contributed by atoms with Crippen LogP contribution in [0.1, 0.15) is 37.9 Å². The van der Waals surface area contributed by atoms with Crippen molar-refractivity contribution in [2.75, 3.05) is 7.11 Å². The predicted octanol–water partition coefficient (Wildman–Crippen LogP) is 2.09. The number of hydrogen-bond donors (Lipinski definition) is 1. The first-order valence-electron chi connectivity index (χ1n) is 5.01. The average Bonchev–Trinajstić information content (AvgIpc) is 2.19. The van der Waals surface area contributed by atoms with E-state index in [-0.39, 0.29) is 6.10 Å². The molecule has 1 aromatic rings. The Kier molecular flexibility index (Phi) is 4.40. The summed E-state index contributed by atoms with van der Waals surface area (Å²) >= 11 is 0. The number of methoxy groups -OCH3 is 1. The Morgan fingerprint density at radius 1 is 1.57 bits per heavy atom. The van der Waals surface area contributed by atoms with Crippen LogP contribution in [0.15, 0.2) is 24.5 Å². The van der Waals surface area contributed by atoms with Crippen molar-refractivity contribution < 1.29 is 14.7 Å². The highest BCUT2D eigenvalue weighted by Crippen LogP contribution is 2.20. The Morgan fingerprint density at radius 2 is 2.36 bits per heavy atom. The van der Waals surface area contributed by atoms with Crippen molar-refractivity contribution in [2.24, 2.45) is 0 Å². The van der Waals surface area contributed by atoms with E-state index in [1.54, 1.807) is 19.5 Å². The number of nitrogens with zero attached hydrogens (tertiary/aromatic N) is 1. The van der Waals surface area contributed by atoms with Gasteiger partial charge in [-0.1, -0.05) is 19.8 Å². The molecule has 78 valence electrons. The van der Waals surface area contributed by atoms with Gasteiger partial charge in [-0.15, -0.1) is 0 Å². The van der Waals surface area contributed by atoms with Crippen molar-refractivity contribution in [2.45, 2.75) is 32.3 Å². The highest BCUT2D eigenvalue weighted by molar-refractivity contribution is 5.09. The van der Waals surface area contributed by atoms with Gasteiger partial charge in [0, 0.05) is 23.5 Å². The maximum atomic E-state index is 9.24. The van der Waals surface area contributed by atoms with Crippen LogP contribution in [0.25, 0.3) is 0 Å². The van der Waals surface area contributed by atoms with Crippen LogP contribution < -0.4 is 4.73 Å². The predicted molar refractivity (Wildman–Crippen MR) is 53.1 cm³/mol. The first kappa shape index (κ1) is 11.0. The van der Waals surface area contributed by atoms with Gasteiger partial charge in [0.25, 0.3) is 0 Å². The molecule has 3 heteroatoms. The van der Waals surface area contributed by atoms with E-state index in [2.05, 4.69) is 6.92 Å². The normalized spacial score (nSPS) is 12.7. The van der Waals surface area contributed by atoms with Crippen LogP contribution in [0.2, 0.25) is 0 Å². The van der Waals surface area contributed by atoms with Crippen molar-refractivity contribution in [1.29, 1.82) is 0 Å².